The second kappa shape index (κ2) is 7.95. The van der Waals surface area contributed by atoms with Crippen molar-refractivity contribution in [1.82, 2.24) is 20.0 Å². The van der Waals surface area contributed by atoms with Crippen LogP contribution in [0.1, 0.15) is 48.2 Å². The summed E-state index contributed by atoms with van der Waals surface area (Å²) in [5.74, 6) is 1.11. The van der Waals surface area contributed by atoms with Crippen LogP contribution in [0, 0.1) is 13.8 Å². The summed E-state index contributed by atoms with van der Waals surface area (Å²) in [6.07, 6.45) is 3.79. The standard InChI is InChI=1S/C22H30N4O2/c1-15-11-16(2)26(24-15)14-18-12-17(7-8-21(18)28-3)13-25-10-9-19-20(25)5-4-6-22(27)23-19/h7-8,11-12,19-20H,4-6,9-10,13-14H2,1-3H3,(H,23,27)/t19-,20-/m1/s1. The van der Waals surface area contributed by atoms with Crippen molar-refractivity contribution in [1.29, 1.82) is 0 Å². The highest BCUT2D eigenvalue weighted by Crippen LogP contribution is 2.28. The van der Waals surface area contributed by atoms with Gasteiger partial charge in [0.05, 0.1) is 19.3 Å². The molecule has 0 aliphatic carbocycles. The molecule has 2 aliphatic rings. The van der Waals surface area contributed by atoms with Gasteiger partial charge in [-0.2, -0.15) is 5.10 Å². The first-order valence-electron chi connectivity index (χ1n) is 10.2. The number of amides is 1. The number of hydrogen-bond acceptors (Lipinski definition) is 4. The molecule has 0 radical (unpaired) electrons. The molecule has 2 atom stereocenters. The summed E-state index contributed by atoms with van der Waals surface area (Å²) in [5.41, 5.74) is 4.62. The number of ether oxygens (including phenoxy) is 1. The lowest BCUT2D eigenvalue weighted by Gasteiger charge is -2.27. The monoisotopic (exact) mass is 382 g/mol. The second-order valence-corrected chi connectivity index (χ2v) is 8.12. The van der Waals surface area contributed by atoms with Crippen LogP contribution in [0.15, 0.2) is 24.3 Å². The molecule has 28 heavy (non-hydrogen) atoms. The van der Waals surface area contributed by atoms with Gasteiger partial charge < -0.3 is 10.1 Å². The summed E-state index contributed by atoms with van der Waals surface area (Å²) in [7, 11) is 1.72. The minimum absolute atomic E-state index is 0.214. The Morgan fingerprint density at radius 2 is 2.07 bits per heavy atom. The molecule has 150 valence electrons. The average Bonchev–Trinajstić information content (AvgIpc) is 3.11. The van der Waals surface area contributed by atoms with E-state index < -0.39 is 0 Å². The lowest BCUT2D eigenvalue weighted by molar-refractivity contribution is -0.121. The third kappa shape index (κ3) is 3.92. The Morgan fingerprint density at radius 1 is 1.21 bits per heavy atom. The highest BCUT2D eigenvalue weighted by molar-refractivity contribution is 5.76. The Bertz CT molecular complexity index is 860. The summed E-state index contributed by atoms with van der Waals surface area (Å²) >= 11 is 0. The van der Waals surface area contributed by atoms with Crippen molar-refractivity contribution in [2.75, 3.05) is 13.7 Å². The van der Waals surface area contributed by atoms with Gasteiger partial charge in [-0.15, -0.1) is 0 Å². The van der Waals surface area contributed by atoms with Crippen LogP contribution in [0.2, 0.25) is 0 Å². The molecule has 1 aromatic heterocycles. The minimum atomic E-state index is 0.214. The summed E-state index contributed by atoms with van der Waals surface area (Å²) < 4.78 is 7.63. The van der Waals surface area contributed by atoms with Crippen molar-refractivity contribution >= 4 is 5.91 Å². The average molecular weight is 383 g/mol. The van der Waals surface area contributed by atoms with Gasteiger partial charge in [-0.1, -0.05) is 6.07 Å². The maximum Gasteiger partial charge on any atom is 0.220 e. The van der Waals surface area contributed by atoms with Gasteiger partial charge in [0, 0.05) is 42.9 Å². The molecule has 1 amide bonds. The molecule has 6 nitrogen and oxygen atoms in total. The third-order valence-electron chi connectivity index (χ3n) is 6.06. The van der Waals surface area contributed by atoms with Crippen LogP contribution >= 0.6 is 0 Å². The summed E-state index contributed by atoms with van der Waals surface area (Å²) in [6.45, 7) is 6.76. The molecule has 0 spiro atoms. The highest BCUT2D eigenvalue weighted by Gasteiger charge is 2.36. The van der Waals surface area contributed by atoms with E-state index in [1.807, 2.05) is 11.6 Å². The van der Waals surface area contributed by atoms with E-state index in [1.54, 1.807) is 7.11 Å². The van der Waals surface area contributed by atoms with E-state index in [-0.39, 0.29) is 5.91 Å². The van der Waals surface area contributed by atoms with Crippen LogP contribution in [0.25, 0.3) is 0 Å². The quantitative estimate of drug-likeness (QED) is 0.864. The van der Waals surface area contributed by atoms with E-state index in [0.717, 1.165) is 55.1 Å². The van der Waals surface area contributed by atoms with Gasteiger partial charge in [0.15, 0.2) is 0 Å². The molecule has 6 heteroatoms. The van der Waals surface area contributed by atoms with Gasteiger partial charge in [0.1, 0.15) is 5.75 Å². The Labute approximate surface area is 166 Å². The zero-order valence-electron chi connectivity index (χ0n) is 17.1. The van der Waals surface area contributed by atoms with Crippen LogP contribution in [0.4, 0.5) is 0 Å². The largest absolute Gasteiger partial charge is 0.496 e. The third-order valence-corrected chi connectivity index (χ3v) is 6.06. The van der Waals surface area contributed by atoms with E-state index in [0.29, 0.717) is 25.0 Å². The summed E-state index contributed by atoms with van der Waals surface area (Å²) in [5, 5.41) is 7.81. The van der Waals surface area contributed by atoms with E-state index in [4.69, 9.17) is 4.74 Å². The number of likely N-dealkylation sites (tertiary alicyclic amines) is 1. The normalized spacial score (nSPS) is 22.6. The number of hydrogen-bond donors (Lipinski definition) is 1. The molecule has 2 aliphatic heterocycles. The van der Waals surface area contributed by atoms with E-state index in [1.165, 1.54) is 5.56 Å². The van der Waals surface area contributed by atoms with Gasteiger partial charge in [0.25, 0.3) is 0 Å². The Kier molecular flexibility index (Phi) is 5.40. The molecule has 0 bridgehead atoms. The van der Waals surface area contributed by atoms with E-state index in [2.05, 4.69) is 46.5 Å². The first-order valence-corrected chi connectivity index (χ1v) is 10.2. The minimum Gasteiger partial charge on any atom is -0.496 e. The number of aryl methyl sites for hydroxylation is 2. The van der Waals surface area contributed by atoms with Crippen LogP contribution in [-0.2, 0) is 17.9 Å². The predicted octanol–water partition coefficient (Wildman–Crippen LogP) is 2.80. The lowest BCUT2D eigenvalue weighted by Crippen LogP contribution is -2.42. The van der Waals surface area contributed by atoms with Crippen molar-refractivity contribution in [2.24, 2.45) is 0 Å². The van der Waals surface area contributed by atoms with Gasteiger partial charge in [-0.25, -0.2) is 0 Å². The molecular formula is C22H30N4O2. The molecule has 3 heterocycles. The zero-order chi connectivity index (χ0) is 19.7. The molecule has 2 aromatic rings. The van der Waals surface area contributed by atoms with Crippen LogP contribution in [-0.4, -0.2) is 46.3 Å². The number of nitrogens with one attached hydrogen (secondary N) is 1. The molecule has 1 N–H and O–H groups in total. The fraction of sp³-hybridized carbons (Fsp3) is 0.545. The van der Waals surface area contributed by atoms with Crippen molar-refractivity contribution in [2.45, 2.75) is 64.7 Å². The number of rotatable bonds is 5. The number of aromatic nitrogens is 2. The number of carbonyl (C=O) groups is 1. The van der Waals surface area contributed by atoms with Gasteiger partial charge in [-0.3, -0.25) is 14.4 Å². The Hall–Kier alpha value is -2.34. The summed E-state index contributed by atoms with van der Waals surface area (Å²) in [4.78, 5) is 14.4. The molecule has 0 unspecified atom stereocenters. The first-order chi connectivity index (χ1) is 13.5. The fourth-order valence-corrected chi connectivity index (χ4v) is 4.70. The predicted molar refractivity (Wildman–Crippen MR) is 108 cm³/mol. The summed E-state index contributed by atoms with van der Waals surface area (Å²) in [6, 6.07) is 9.33. The van der Waals surface area contributed by atoms with E-state index in [9.17, 15) is 4.79 Å². The second-order valence-electron chi connectivity index (χ2n) is 8.12. The zero-order valence-corrected chi connectivity index (χ0v) is 17.1. The highest BCUT2D eigenvalue weighted by atomic mass is 16.5. The molecule has 0 saturated carbocycles. The SMILES string of the molecule is COc1ccc(CN2CC[C@H]3NC(=O)CCC[C@H]32)cc1Cn1nc(C)cc1C. The number of fused-ring (bicyclic) bond motifs is 1. The number of nitrogens with zero attached hydrogens (tertiary/aromatic N) is 3. The van der Waals surface area contributed by atoms with Crippen molar-refractivity contribution < 1.29 is 9.53 Å². The molecule has 2 saturated heterocycles. The van der Waals surface area contributed by atoms with Crippen molar-refractivity contribution in [3.05, 3.63) is 46.8 Å². The molecule has 1 aromatic carbocycles. The lowest BCUT2D eigenvalue weighted by atomic mass is 10.0. The number of methoxy groups -OCH3 is 1. The van der Waals surface area contributed by atoms with Crippen LogP contribution in [0.3, 0.4) is 0 Å². The molecule has 2 fully saturated rings. The topological polar surface area (TPSA) is 59.4 Å². The maximum absolute atomic E-state index is 11.9. The van der Waals surface area contributed by atoms with E-state index >= 15 is 0 Å². The Balaban J connectivity index is 1.52. The Morgan fingerprint density at radius 3 is 2.82 bits per heavy atom. The van der Waals surface area contributed by atoms with Crippen molar-refractivity contribution in [3.63, 3.8) is 0 Å². The number of carbonyl (C=O) groups excluding carboxylic acids is 1. The smallest absolute Gasteiger partial charge is 0.220 e. The van der Waals surface area contributed by atoms with Crippen LogP contribution < -0.4 is 10.1 Å². The maximum atomic E-state index is 11.9. The number of benzene rings is 1. The van der Waals surface area contributed by atoms with Crippen molar-refractivity contribution in [3.8, 4) is 5.75 Å². The van der Waals surface area contributed by atoms with Crippen LogP contribution in [0.5, 0.6) is 5.75 Å². The van der Waals surface area contributed by atoms with Gasteiger partial charge in [0.2, 0.25) is 5.91 Å². The van der Waals surface area contributed by atoms with Gasteiger partial charge >= 0.3 is 0 Å². The first kappa shape index (κ1) is 19.0. The van der Waals surface area contributed by atoms with Gasteiger partial charge in [-0.05, 0) is 56.9 Å². The molecular weight excluding hydrogens is 352 g/mol. The fourth-order valence-electron chi connectivity index (χ4n) is 4.70. The molecule has 4 rings (SSSR count).